The molecule has 0 saturated carbocycles. The Labute approximate surface area is 178 Å². The molecule has 6 nitrogen and oxygen atoms in total. The molecule has 0 aliphatic heterocycles. The molecule has 1 amide bonds. The number of hydrogen-bond donors (Lipinski definition) is 2. The first-order valence-corrected chi connectivity index (χ1v) is 10.1. The number of hydrogen-bond acceptors (Lipinski definition) is 5. The third kappa shape index (κ3) is 7.10. The van der Waals surface area contributed by atoms with Gasteiger partial charge in [-0.05, 0) is 56.4 Å². The Morgan fingerprint density at radius 3 is 2.64 bits per heavy atom. The smallest absolute Gasteiger partial charge is 0.261 e. The lowest BCUT2D eigenvalue weighted by Gasteiger charge is -2.13. The van der Waals surface area contributed by atoms with Gasteiger partial charge < -0.3 is 19.5 Å². The number of halogens is 1. The molecule has 0 unspecified atom stereocenters. The summed E-state index contributed by atoms with van der Waals surface area (Å²) in [7, 11) is 0. The van der Waals surface area contributed by atoms with Crippen LogP contribution in [0.4, 0.5) is 5.69 Å². The monoisotopic (exact) mass is 466 g/mol. The predicted molar refractivity (Wildman–Crippen MR) is 117 cm³/mol. The zero-order chi connectivity index (χ0) is 20.4. The van der Waals surface area contributed by atoms with Crippen LogP contribution in [0.5, 0.6) is 11.5 Å². The van der Waals surface area contributed by atoms with Gasteiger partial charge in [0.2, 0.25) is 0 Å². The number of thiocarbonyl (C=S) groups is 1. The van der Waals surface area contributed by atoms with Crippen molar-refractivity contribution in [1.29, 1.82) is 0 Å². The highest BCUT2D eigenvalue weighted by atomic mass is 79.9. The number of carbonyl (C=O) groups excluding carboxylic acids is 1. The summed E-state index contributed by atoms with van der Waals surface area (Å²) in [5.74, 6) is 0.825. The average Bonchev–Trinajstić information content (AvgIpc) is 2.67. The fourth-order valence-corrected chi connectivity index (χ4v) is 2.89. The van der Waals surface area contributed by atoms with E-state index < -0.39 is 0 Å². The number of amides is 1. The molecule has 0 saturated heterocycles. The van der Waals surface area contributed by atoms with E-state index in [4.69, 9.17) is 26.4 Å². The summed E-state index contributed by atoms with van der Waals surface area (Å²) in [5, 5.41) is 5.84. The highest BCUT2D eigenvalue weighted by molar-refractivity contribution is 9.10. The third-order valence-electron chi connectivity index (χ3n) is 3.51. The van der Waals surface area contributed by atoms with Crippen LogP contribution >= 0.6 is 28.1 Å². The quantitative estimate of drug-likeness (QED) is 0.421. The number of benzene rings is 2. The Bertz CT molecular complexity index is 817. The van der Waals surface area contributed by atoms with E-state index in [2.05, 4.69) is 26.6 Å². The molecule has 0 aromatic heterocycles. The lowest BCUT2D eigenvalue weighted by Crippen LogP contribution is -2.34. The largest absolute Gasteiger partial charge is 0.493 e. The highest BCUT2D eigenvalue weighted by Gasteiger charge is 2.14. The first kappa shape index (κ1) is 22.1. The Balaban J connectivity index is 1.97. The molecule has 8 heteroatoms. The van der Waals surface area contributed by atoms with Crippen molar-refractivity contribution in [3.05, 3.63) is 52.5 Å². The van der Waals surface area contributed by atoms with Gasteiger partial charge in [-0.3, -0.25) is 10.1 Å². The summed E-state index contributed by atoms with van der Waals surface area (Å²) in [4.78, 5) is 12.6. The van der Waals surface area contributed by atoms with E-state index in [0.29, 0.717) is 49.2 Å². The molecule has 0 heterocycles. The zero-order valence-electron chi connectivity index (χ0n) is 15.8. The highest BCUT2D eigenvalue weighted by Crippen LogP contribution is 2.23. The summed E-state index contributed by atoms with van der Waals surface area (Å²) >= 11 is 8.63. The molecular formula is C20H23BrN2O4S. The van der Waals surface area contributed by atoms with Crippen molar-refractivity contribution < 1.29 is 19.0 Å². The van der Waals surface area contributed by atoms with Crippen molar-refractivity contribution in [3.63, 3.8) is 0 Å². The molecule has 0 fully saturated rings. The van der Waals surface area contributed by atoms with Crippen LogP contribution in [0.2, 0.25) is 0 Å². The van der Waals surface area contributed by atoms with E-state index in [9.17, 15) is 4.79 Å². The number of carbonyl (C=O) groups is 1. The van der Waals surface area contributed by atoms with Crippen LogP contribution in [-0.4, -0.2) is 37.4 Å². The fourth-order valence-electron chi connectivity index (χ4n) is 2.32. The lowest BCUT2D eigenvalue weighted by molar-refractivity contribution is 0.0974. The van der Waals surface area contributed by atoms with Gasteiger partial charge in [0.25, 0.3) is 5.91 Å². The maximum Gasteiger partial charge on any atom is 0.261 e. The van der Waals surface area contributed by atoms with Crippen molar-refractivity contribution in [1.82, 2.24) is 5.32 Å². The van der Waals surface area contributed by atoms with Gasteiger partial charge in [-0.15, -0.1) is 0 Å². The second kappa shape index (κ2) is 11.6. The number of anilines is 1. The first-order chi connectivity index (χ1) is 13.5. The molecule has 2 N–H and O–H groups in total. The van der Waals surface area contributed by atoms with Crippen LogP contribution in [0.15, 0.2) is 46.9 Å². The Morgan fingerprint density at radius 1 is 1.07 bits per heavy atom. The second-order valence-corrected chi connectivity index (χ2v) is 6.88. The molecule has 2 rings (SSSR count). The van der Waals surface area contributed by atoms with Gasteiger partial charge in [0.1, 0.15) is 18.1 Å². The molecular weight excluding hydrogens is 444 g/mol. The maximum atomic E-state index is 12.6. The van der Waals surface area contributed by atoms with Crippen LogP contribution < -0.4 is 20.1 Å². The van der Waals surface area contributed by atoms with Crippen LogP contribution in [0.3, 0.4) is 0 Å². The first-order valence-electron chi connectivity index (χ1n) is 8.88. The van der Waals surface area contributed by atoms with Crippen molar-refractivity contribution in [3.8, 4) is 11.5 Å². The standard InChI is InChI=1S/C20H23BrN2O4S/c1-3-25-10-11-27-16-7-5-6-15(13-16)22-20(28)23-19(24)17-12-14(21)8-9-18(17)26-4-2/h5-9,12-13H,3-4,10-11H2,1-2H3,(H2,22,23,24,28). The topological polar surface area (TPSA) is 68.8 Å². The van der Waals surface area contributed by atoms with Crippen molar-refractivity contribution in [2.75, 3.05) is 31.7 Å². The van der Waals surface area contributed by atoms with Crippen LogP contribution in [0.1, 0.15) is 24.2 Å². The van der Waals surface area contributed by atoms with Crippen molar-refractivity contribution in [2.24, 2.45) is 0 Å². The molecule has 0 radical (unpaired) electrons. The Hall–Kier alpha value is -2.16. The molecule has 2 aromatic carbocycles. The van der Waals surface area contributed by atoms with E-state index in [0.717, 1.165) is 4.47 Å². The summed E-state index contributed by atoms with van der Waals surface area (Å²) < 4.78 is 17.2. The predicted octanol–water partition coefficient (Wildman–Crippen LogP) is 4.39. The van der Waals surface area contributed by atoms with Gasteiger partial charge in [0.15, 0.2) is 5.11 Å². The third-order valence-corrected chi connectivity index (χ3v) is 4.20. The molecule has 0 aliphatic carbocycles. The maximum absolute atomic E-state index is 12.6. The van der Waals surface area contributed by atoms with Gasteiger partial charge in [-0.2, -0.15) is 0 Å². The zero-order valence-corrected chi connectivity index (χ0v) is 18.2. The van der Waals surface area contributed by atoms with Crippen LogP contribution in [0, 0.1) is 0 Å². The van der Waals surface area contributed by atoms with Gasteiger partial charge >= 0.3 is 0 Å². The van der Waals surface area contributed by atoms with Crippen LogP contribution in [0.25, 0.3) is 0 Å². The molecule has 0 aliphatic rings. The normalized spacial score (nSPS) is 10.2. The molecule has 2 aromatic rings. The van der Waals surface area contributed by atoms with E-state index in [-0.39, 0.29) is 11.0 Å². The molecule has 150 valence electrons. The van der Waals surface area contributed by atoms with Gasteiger partial charge in [0, 0.05) is 22.8 Å². The van der Waals surface area contributed by atoms with Gasteiger partial charge in [-0.1, -0.05) is 22.0 Å². The Kier molecular flexibility index (Phi) is 9.19. The average molecular weight is 467 g/mol. The summed E-state index contributed by atoms with van der Waals surface area (Å²) in [6.07, 6.45) is 0. The minimum absolute atomic E-state index is 0.180. The second-order valence-electron chi connectivity index (χ2n) is 5.55. The lowest BCUT2D eigenvalue weighted by atomic mass is 10.2. The molecule has 0 bridgehead atoms. The number of nitrogens with one attached hydrogen (secondary N) is 2. The fraction of sp³-hybridized carbons (Fsp3) is 0.300. The SMILES string of the molecule is CCOCCOc1cccc(NC(=S)NC(=O)c2cc(Br)ccc2OCC)c1. The van der Waals surface area contributed by atoms with E-state index in [1.165, 1.54) is 0 Å². The number of ether oxygens (including phenoxy) is 3. The van der Waals surface area contributed by atoms with Gasteiger partial charge in [0.05, 0.1) is 18.8 Å². The summed E-state index contributed by atoms with van der Waals surface area (Å²) in [6.45, 7) is 5.90. The minimum atomic E-state index is -0.355. The number of rotatable bonds is 9. The van der Waals surface area contributed by atoms with Crippen molar-refractivity contribution >= 4 is 44.9 Å². The Morgan fingerprint density at radius 2 is 1.89 bits per heavy atom. The van der Waals surface area contributed by atoms with Gasteiger partial charge in [-0.25, -0.2) is 0 Å². The molecule has 0 atom stereocenters. The van der Waals surface area contributed by atoms with E-state index in [1.807, 2.05) is 38.1 Å². The molecule has 28 heavy (non-hydrogen) atoms. The van der Waals surface area contributed by atoms with E-state index in [1.54, 1.807) is 18.2 Å². The van der Waals surface area contributed by atoms with E-state index >= 15 is 0 Å². The molecule has 0 spiro atoms. The minimum Gasteiger partial charge on any atom is -0.493 e. The summed E-state index contributed by atoms with van der Waals surface area (Å²) in [5.41, 5.74) is 1.10. The van der Waals surface area contributed by atoms with Crippen LogP contribution in [-0.2, 0) is 4.74 Å². The van der Waals surface area contributed by atoms with Crippen molar-refractivity contribution in [2.45, 2.75) is 13.8 Å². The summed E-state index contributed by atoms with van der Waals surface area (Å²) in [6, 6.07) is 12.6.